The van der Waals surface area contributed by atoms with Crippen LogP contribution in [0, 0.1) is 5.92 Å². The Kier molecular flexibility index (Phi) is 5.60. The van der Waals surface area contributed by atoms with Crippen LogP contribution in [0.25, 0.3) is 6.08 Å². The van der Waals surface area contributed by atoms with Crippen molar-refractivity contribution in [2.24, 2.45) is 5.92 Å². The Labute approximate surface area is 112 Å². The maximum atomic E-state index is 11.5. The van der Waals surface area contributed by atoms with E-state index in [1.165, 1.54) is 6.08 Å². The first-order chi connectivity index (χ1) is 8.97. The molecule has 0 radical (unpaired) electrons. The monoisotopic (exact) mass is 262 g/mol. The van der Waals surface area contributed by atoms with Crippen LogP contribution >= 0.6 is 0 Å². The van der Waals surface area contributed by atoms with E-state index < -0.39 is 5.97 Å². The molecule has 0 bridgehead atoms. The molecule has 1 aromatic carbocycles. The summed E-state index contributed by atoms with van der Waals surface area (Å²) < 4.78 is 0. The van der Waals surface area contributed by atoms with Crippen molar-refractivity contribution in [2.75, 3.05) is 11.9 Å². The van der Waals surface area contributed by atoms with Crippen LogP contribution in [0.4, 0.5) is 10.5 Å². The highest BCUT2D eigenvalue weighted by atomic mass is 16.4. The second-order valence-electron chi connectivity index (χ2n) is 4.52. The van der Waals surface area contributed by atoms with Gasteiger partial charge in [0.1, 0.15) is 0 Å². The van der Waals surface area contributed by atoms with Gasteiger partial charge in [-0.1, -0.05) is 26.0 Å². The van der Waals surface area contributed by atoms with E-state index in [0.29, 0.717) is 18.2 Å². The number of urea groups is 1. The molecule has 0 spiro atoms. The SMILES string of the molecule is CC(C)CNC(=O)Nc1ccc(/C=C/C(=O)O)cc1. The van der Waals surface area contributed by atoms with Crippen molar-refractivity contribution < 1.29 is 14.7 Å². The van der Waals surface area contributed by atoms with Gasteiger partial charge >= 0.3 is 12.0 Å². The summed E-state index contributed by atoms with van der Waals surface area (Å²) in [6, 6.07) is 6.66. The second-order valence-corrected chi connectivity index (χ2v) is 4.52. The van der Waals surface area contributed by atoms with Crippen molar-refractivity contribution in [3.63, 3.8) is 0 Å². The zero-order chi connectivity index (χ0) is 14.3. The summed E-state index contributed by atoms with van der Waals surface area (Å²) in [6.45, 7) is 4.65. The van der Waals surface area contributed by atoms with Crippen molar-refractivity contribution in [3.05, 3.63) is 35.9 Å². The third-order valence-electron chi connectivity index (χ3n) is 2.26. The number of carbonyl (C=O) groups is 2. The van der Waals surface area contributed by atoms with E-state index in [2.05, 4.69) is 10.6 Å². The van der Waals surface area contributed by atoms with Crippen LogP contribution in [0.3, 0.4) is 0 Å². The third kappa shape index (κ3) is 6.26. The maximum Gasteiger partial charge on any atom is 0.328 e. The van der Waals surface area contributed by atoms with Gasteiger partial charge in [-0.2, -0.15) is 0 Å². The quantitative estimate of drug-likeness (QED) is 0.713. The number of anilines is 1. The molecule has 0 aliphatic carbocycles. The molecule has 19 heavy (non-hydrogen) atoms. The molecular weight excluding hydrogens is 244 g/mol. The molecule has 102 valence electrons. The summed E-state index contributed by atoms with van der Waals surface area (Å²) in [7, 11) is 0. The van der Waals surface area contributed by atoms with E-state index >= 15 is 0 Å². The smallest absolute Gasteiger partial charge is 0.328 e. The number of amides is 2. The molecule has 5 heteroatoms. The van der Waals surface area contributed by atoms with Gasteiger partial charge in [0.15, 0.2) is 0 Å². The van der Waals surface area contributed by atoms with E-state index in [4.69, 9.17) is 5.11 Å². The van der Waals surface area contributed by atoms with Crippen LogP contribution in [0.2, 0.25) is 0 Å². The summed E-state index contributed by atoms with van der Waals surface area (Å²) in [6.07, 6.45) is 2.56. The van der Waals surface area contributed by atoms with Gasteiger partial charge in [-0.15, -0.1) is 0 Å². The number of carboxylic acid groups (broad SMARTS) is 1. The van der Waals surface area contributed by atoms with Crippen molar-refractivity contribution in [1.29, 1.82) is 0 Å². The van der Waals surface area contributed by atoms with Crippen LogP contribution in [0.15, 0.2) is 30.3 Å². The summed E-state index contributed by atoms with van der Waals surface area (Å²) >= 11 is 0. The van der Waals surface area contributed by atoms with Gasteiger partial charge < -0.3 is 15.7 Å². The minimum atomic E-state index is -0.990. The Morgan fingerprint density at radius 3 is 2.42 bits per heavy atom. The fourth-order valence-corrected chi connectivity index (χ4v) is 1.32. The first-order valence-electron chi connectivity index (χ1n) is 6.03. The molecule has 1 rings (SSSR count). The Bertz CT molecular complexity index is 464. The predicted octanol–water partition coefficient (Wildman–Crippen LogP) is 2.56. The topological polar surface area (TPSA) is 78.4 Å². The molecular formula is C14H18N2O3. The Morgan fingerprint density at radius 1 is 1.26 bits per heavy atom. The molecule has 2 amide bonds. The number of aliphatic carboxylic acids is 1. The normalized spacial score (nSPS) is 10.7. The van der Waals surface area contributed by atoms with Crippen molar-refractivity contribution in [2.45, 2.75) is 13.8 Å². The standard InChI is InChI=1S/C14H18N2O3/c1-10(2)9-15-14(19)16-12-6-3-11(4-7-12)5-8-13(17)18/h3-8,10H,9H2,1-2H3,(H,17,18)(H2,15,16,19)/b8-5+. The van der Waals surface area contributed by atoms with Gasteiger partial charge in [-0.25, -0.2) is 9.59 Å². The van der Waals surface area contributed by atoms with E-state index in [0.717, 1.165) is 11.6 Å². The lowest BCUT2D eigenvalue weighted by atomic mass is 10.2. The Hall–Kier alpha value is -2.30. The van der Waals surface area contributed by atoms with E-state index in [1.807, 2.05) is 13.8 Å². The molecule has 0 fully saturated rings. The molecule has 0 heterocycles. The number of hydrogen-bond donors (Lipinski definition) is 3. The minimum Gasteiger partial charge on any atom is -0.478 e. The number of hydrogen-bond acceptors (Lipinski definition) is 2. The fraction of sp³-hybridized carbons (Fsp3) is 0.286. The average molecular weight is 262 g/mol. The van der Waals surface area contributed by atoms with E-state index in [-0.39, 0.29) is 6.03 Å². The maximum absolute atomic E-state index is 11.5. The van der Waals surface area contributed by atoms with Crippen LogP contribution in [-0.4, -0.2) is 23.7 Å². The van der Waals surface area contributed by atoms with Crippen LogP contribution < -0.4 is 10.6 Å². The zero-order valence-electron chi connectivity index (χ0n) is 11.0. The zero-order valence-corrected chi connectivity index (χ0v) is 11.0. The first-order valence-corrected chi connectivity index (χ1v) is 6.03. The highest BCUT2D eigenvalue weighted by Crippen LogP contribution is 2.10. The molecule has 3 N–H and O–H groups in total. The average Bonchev–Trinajstić information content (AvgIpc) is 2.35. The van der Waals surface area contributed by atoms with Gasteiger partial charge in [0, 0.05) is 18.3 Å². The minimum absolute atomic E-state index is 0.248. The van der Waals surface area contributed by atoms with Crippen LogP contribution in [0.1, 0.15) is 19.4 Å². The number of benzene rings is 1. The van der Waals surface area contributed by atoms with E-state index in [1.54, 1.807) is 24.3 Å². The lowest BCUT2D eigenvalue weighted by Crippen LogP contribution is -2.31. The second kappa shape index (κ2) is 7.20. The third-order valence-corrected chi connectivity index (χ3v) is 2.26. The molecule has 0 unspecified atom stereocenters. The van der Waals surface area contributed by atoms with Crippen LogP contribution in [-0.2, 0) is 4.79 Å². The predicted molar refractivity (Wildman–Crippen MR) is 75.0 cm³/mol. The Balaban J connectivity index is 2.52. The van der Waals surface area contributed by atoms with E-state index in [9.17, 15) is 9.59 Å². The van der Waals surface area contributed by atoms with Crippen molar-refractivity contribution in [1.82, 2.24) is 5.32 Å². The molecule has 0 atom stereocenters. The fourth-order valence-electron chi connectivity index (χ4n) is 1.32. The molecule has 1 aromatic rings. The van der Waals surface area contributed by atoms with Gasteiger partial charge in [-0.05, 0) is 29.7 Å². The Morgan fingerprint density at radius 2 is 1.89 bits per heavy atom. The van der Waals surface area contributed by atoms with Gasteiger partial charge in [0.2, 0.25) is 0 Å². The largest absolute Gasteiger partial charge is 0.478 e. The number of carbonyl (C=O) groups excluding carboxylic acids is 1. The molecule has 0 saturated carbocycles. The molecule has 0 aromatic heterocycles. The van der Waals surface area contributed by atoms with Gasteiger partial charge in [-0.3, -0.25) is 0 Å². The molecule has 0 aliphatic heterocycles. The lowest BCUT2D eigenvalue weighted by molar-refractivity contribution is -0.131. The molecule has 5 nitrogen and oxygen atoms in total. The summed E-state index contributed by atoms with van der Waals surface area (Å²) in [4.78, 5) is 21.9. The van der Waals surface area contributed by atoms with Gasteiger partial charge in [0.05, 0.1) is 0 Å². The van der Waals surface area contributed by atoms with Gasteiger partial charge in [0.25, 0.3) is 0 Å². The summed E-state index contributed by atoms with van der Waals surface area (Å²) in [5.41, 5.74) is 1.42. The van der Waals surface area contributed by atoms with Crippen molar-refractivity contribution >= 4 is 23.8 Å². The number of carboxylic acids is 1. The first kappa shape index (κ1) is 14.8. The highest BCUT2D eigenvalue weighted by molar-refractivity contribution is 5.89. The molecule has 0 aliphatic rings. The molecule has 0 saturated heterocycles. The van der Waals surface area contributed by atoms with Crippen molar-refractivity contribution in [3.8, 4) is 0 Å². The number of nitrogens with one attached hydrogen (secondary N) is 2. The van der Waals surface area contributed by atoms with Crippen LogP contribution in [0.5, 0.6) is 0 Å². The summed E-state index contributed by atoms with van der Waals surface area (Å²) in [5, 5.41) is 13.9. The number of rotatable bonds is 5. The highest BCUT2D eigenvalue weighted by Gasteiger charge is 2.02. The lowest BCUT2D eigenvalue weighted by Gasteiger charge is -2.09. The summed E-state index contributed by atoms with van der Waals surface area (Å²) in [5.74, 6) is -0.593.